The van der Waals surface area contributed by atoms with Gasteiger partial charge in [0.1, 0.15) is 0 Å². The summed E-state index contributed by atoms with van der Waals surface area (Å²) in [5, 5.41) is 8.94. The number of carbonyl (C=O) groups is 1. The van der Waals surface area contributed by atoms with Crippen molar-refractivity contribution in [1.82, 2.24) is 0 Å². The third-order valence-corrected chi connectivity index (χ3v) is 4.52. The summed E-state index contributed by atoms with van der Waals surface area (Å²) in [5.41, 5.74) is 3.95. The molecule has 0 atom stereocenters. The van der Waals surface area contributed by atoms with Gasteiger partial charge >= 0.3 is 0 Å². The molecule has 0 aliphatic carbocycles. The number of hydrogen-bond donors (Lipinski definition) is 1. The molecule has 1 aromatic heterocycles. The van der Waals surface area contributed by atoms with Crippen LogP contribution in [0.15, 0.2) is 40.9 Å². The average molecular weight is 330 g/mol. The fourth-order valence-electron chi connectivity index (χ4n) is 2.30. The van der Waals surface area contributed by atoms with Crippen LogP contribution >= 0.6 is 11.3 Å². The topological polar surface area (TPSA) is 50.7 Å². The molecule has 1 amide bonds. The number of nitrogens with one attached hydrogen (secondary N) is 1. The second-order valence-electron chi connectivity index (χ2n) is 5.13. The lowest BCUT2D eigenvalue weighted by Gasteiger charge is -2.14. The first kappa shape index (κ1) is 17.2. The third kappa shape index (κ3) is 4.66. The Kier molecular flexibility index (Phi) is 6.35. The lowest BCUT2D eigenvalue weighted by Crippen LogP contribution is -2.19. The van der Waals surface area contributed by atoms with Gasteiger partial charge in [0.15, 0.2) is 6.61 Å². The van der Waals surface area contributed by atoms with E-state index in [1.54, 1.807) is 11.3 Å². The molecule has 0 aliphatic heterocycles. The van der Waals surface area contributed by atoms with Crippen LogP contribution in [-0.4, -0.2) is 18.2 Å². The Balaban J connectivity index is 1.96. The van der Waals surface area contributed by atoms with Gasteiger partial charge in [-0.2, -0.15) is 0 Å². The molecule has 2 aromatic rings. The summed E-state index contributed by atoms with van der Waals surface area (Å²) in [5.74, 6) is -0.191. The first-order valence-electron chi connectivity index (χ1n) is 7.76. The smallest absolute Gasteiger partial charge is 0.265 e. The standard InChI is InChI=1S/C18H22N2O2S/c1-4-14-8-6-9-15(5-2)18(14)19-17(21)12-22-20-13(3)16-10-7-11-23-16/h6-11H,4-5,12H2,1-3H3,(H,19,21). The average Bonchev–Trinajstić information content (AvgIpc) is 3.09. The molecule has 1 N–H and O–H groups in total. The number of oxime groups is 1. The van der Waals surface area contributed by atoms with E-state index in [1.165, 1.54) is 0 Å². The Hall–Kier alpha value is -2.14. The molecule has 0 unspecified atom stereocenters. The van der Waals surface area contributed by atoms with E-state index < -0.39 is 0 Å². The monoisotopic (exact) mass is 330 g/mol. The SMILES string of the molecule is CCc1cccc(CC)c1NC(=O)CON=C(C)c1cccs1. The molecular weight excluding hydrogens is 308 g/mol. The molecule has 0 saturated carbocycles. The summed E-state index contributed by atoms with van der Waals surface area (Å²) in [4.78, 5) is 18.3. The van der Waals surface area contributed by atoms with Crippen molar-refractivity contribution < 1.29 is 9.63 Å². The van der Waals surface area contributed by atoms with E-state index in [0.29, 0.717) is 0 Å². The highest BCUT2D eigenvalue weighted by Gasteiger charge is 2.10. The lowest BCUT2D eigenvalue weighted by molar-refractivity contribution is -0.120. The van der Waals surface area contributed by atoms with E-state index in [1.807, 2.05) is 42.6 Å². The van der Waals surface area contributed by atoms with Crippen LogP contribution in [0.1, 0.15) is 36.8 Å². The number of thiophene rings is 1. The van der Waals surface area contributed by atoms with Gasteiger partial charge in [0.25, 0.3) is 5.91 Å². The van der Waals surface area contributed by atoms with Gasteiger partial charge in [0, 0.05) is 5.69 Å². The van der Waals surface area contributed by atoms with Gasteiger partial charge in [-0.15, -0.1) is 11.3 Å². The zero-order valence-corrected chi connectivity index (χ0v) is 14.6. The molecule has 0 bridgehead atoms. The summed E-state index contributed by atoms with van der Waals surface area (Å²) >= 11 is 1.59. The molecule has 2 rings (SSSR count). The number of anilines is 1. The van der Waals surface area contributed by atoms with Crippen LogP contribution < -0.4 is 5.32 Å². The van der Waals surface area contributed by atoms with Crippen LogP contribution in [0.25, 0.3) is 0 Å². The Labute approximate surface area is 141 Å². The maximum Gasteiger partial charge on any atom is 0.265 e. The van der Waals surface area contributed by atoms with E-state index in [-0.39, 0.29) is 12.5 Å². The number of amides is 1. The van der Waals surface area contributed by atoms with Crippen molar-refractivity contribution in [2.45, 2.75) is 33.6 Å². The first-order valence-corrected chi connectivity index (χ1v) is 8.64. The minimum atomic E-state index is -0.191. The van der Waals surface area contributed by atoms with Gasteiger partial charge in [-0.25, -0.2) is 0 Å². The van der Waals surface area contributed by atoms with E-state index >= 15 is 0 Å². The summed E-state index contributed by atoms with van der Waals surface area (Å²) in [6, 6.07) is 10.0. The summed E-state index contributed by atoms with van der Waals surface area (Å²) in [6.07, 6.45) is 1.75. The predicted molar refractivity (Wildman–Crippen MR) is 96.3 cm³/mol. The fourth-order valence-corrected chi connectivity index (χ4v) is 2.96. The number of aryl methyl sites for hydroxylation is 2. The van der Waals surface area contributed by atoms with Gasteiger partial charge in [-0.1, -0.05) is 43.3 Å². The first-order chi connectivity index (χ1) is 11.2. The number of hydrogen-bond acceptors (Lipinski definition) is 4. The van der Waals surface area contributed by atoms with Gasteiger partial charge < -0.3 is 10.2 Å². The van der Waals surface area contributed by atoms with Gasteiger partial charge in [-0.05, 0) is 42.3 Å². The minimum absolute atomic E-state index is 0.0933. The highest BCUT2D eigenvalue weighted by Crippen LogP contribution is 2.22. The maximum atomic E-state index is 12.1. The van der Waals surface area contributed by atoms with Crippen molar-refractivity contribution in [1.29, 1.82) is 0 Å². The second-order valence-corrected chi connectivity index (χ2v) is 6.08. The van der Waals surface area contributed by atoms with E-state index in [4.69, 9.17) is 4.84 Å². The highest BCUT2D eigenvalue weighted by atomic mass is 32.1. The van der Waals surface area contributed by atoms with Crippen LogP contribution in [0.2, 0.25) is 0 Å². The molecule has 4 nitrogen and oxygen atoms in total. The molecule has 0 radical (unpaired) electrons. The zero-order chi connectivity index (χ0) is 16.7. The van der Waals surface area contributed by atoms with Crippen molar-refractivity contribution in [3.63, 3.8) is 0 Å². The minimum Gasteiger partial charge on any atom is -0.385 e. The number of rotatable bonds is 7. The van der Waals surface area contributed by atoms with Crippen LogP contribution in [0.3, 0.4) is 0 Å². The zero-order valence-electron chi connectivity index (χ0n) is 13.8. The van der Waals surface area contributed by atoms with Crippen LogP contribution in [-0.2, 0) is 22.5 Å². The number of nitrogens with zero attached hydrogens (tertiary/aromatic N) is 1. The molecular formula is C18H22N2O2S. The van der Waals surface area contributed by atoms with Gasteiger partial charge in [-0.3, -0.25) is 4.79 Å². The Morgan fingerprint density at radius 3 is 2.43 bits per heavy atom. The second kappa shape index (κ2) is 8.48. The van der Waals surface area contributed by atoms with E-state index in [9.17, 15) is 4.79 Å². The molecule has 1 aromatic carbocycles. The molecule has 23 heavy (non-hydrogen) atoms. The Bertz CT molecular complexity index is 656. The lowest BCUT2D eigenvalue weighted by atomic mass is 10.0. The van der Waals surface area contributed by atoms with Crippen molar-refractivity contribution >= 4 is 28.6 Å². The molecule has 1 heterocycles. The van der Waals surface area contributed by atoms with Crippen molar-refractivity contribution in [3.8, 4) is 0 Å². The van der Waals surface area contributed by atoms with Crippen LogP contribution in [0, 0.1) is 0 Å². The van der Waals surface area contributed by atoms with Crippen LogP contribution in [0.5, 0.6) is 0 Å². The molecule has 5 heteroatoms. The van der Waals surface area contributed by atoms with E-state index in [2.05, 4.69) is 24.3 Å². The molecule has 0 spiro atoms. The maximum absolute atomic E-state index is 12.1. The van der Waals surface area contributed by atoms with Gasteiger partial charge in [0.05, 0.1) is 10.6 Å². The largest absolute Gasteiger partial charge is 0.385 e. The van der Waals surface area contributed by atoms with Crippen molar-refractivity contribution in [3.05, 3.63) is 51.7 Å². The van der Waals surface area contributed by atoms with E-state index in [0.717, 1.165) is 40.2 Å². The summed E-state index contributed by atoms with van der Waals surface area (Å²) in [6.45, 7) is 5.93. The normalized spacial score (nSPS) is 11.3. The van der Waals surface area contributed by atoms with Crippen LogP contribution in [0.4, 0.5) is 5.69 Å². The van der Waals surface area contributed by atoms with Crippen molar-refractivity contribution in [2.24, 2.45) is 5.16 Å². The fraction of sp³-hybridized carbons (Fsp3) is 0.333. The number of para-hydroxylation sites is 1. The number of carbonyl (C=O) groups excluding carboxylic acids is 1. The van der Waals surface area contributed by atoms with Crippen molar-refractivity contribution in [2.75, 3.05) is 11.9 Å². The Morgan fingerprint density at radius 2 is 1.87 bits per heavy atom. The van der Waals surface area contributed by atoms with Gasteiger partial charge in [0.2, 0.25) is 0 Å². The number of benzene rings is 1. The predicted octanol–water partition coefficient (Wildman–Crippen LogP) is 4.25. The molecule has 122 valence electrons. The summed E-state index contributed by atoms with van der Waals surface area (Å²) in [7, 11) is 0. The highest BCUT2D eigenvalue weighted by molar-refractivity contribution is 7.12. The summed E-state index contributed by atoms with van der Waals surface area (Å²) < 4.78 is 0. The molecule has 0 saturated heterocycles. The molecule has 0 aliphatic rings. The quantitative estimate of drug-likeness (QED) is 0.609. The molecule has 0 fully saturated rings. The Morgan fingerprint density at radius 1 is 1.17 bits per heavy atom. The third-order valence-electron chi connectivity index (χ3n) is 3.54.